The van der Waals surface area contributed by atoms with E-state index in [0.29, 0.717) is 17.7 Å². The summed E-state index contributed by atoms with van der Waals surface area (Å²) in [6, 6.07) is 11.2. The van der Waals surface area contributed by atoms with Crippen LogP contribution < -0.4 is 0 Å². The predicted molar refractivity (Wildman–Crippen MR) is 77.4 cm³/mol. The number of benzene rings is 2. The SMILES string of the molecule is FC(F)(F)c1ccc(-c2nc(-c3ccccc3)oc2C(F)(F)F)cc1. The van der Waals surface area contributed by atoms with Crippen LogP contribution in [0.1, 0.15) is 11.3 Å². The topological polar surface area (TPSA) is 26.0 Å². The van der Waals surface area contributed by atoms with Gasteiger partial charge in [0.05, 0.1) is 5.56 Å². The molecule has 0 aliphatic heterocycles. The molecule has 0 saturated heterocycles. The van der Waals surface area contributed by atoms with Gasteiger partial charge < -0.3 is 4.42 Å². The highest BCUT2D eigenvalue weighted by Gasteiger charge is 2.40. The van der Waals surface area contributed by atoms with Gasteiger partial charge in [-0.2, -0.15) is 26.3 Å². The summed E-state index contributed by atoms with van der Waals surface area (Å²) >= 11 is 0. The molecule has 3 aromatic rings. The molecule has 3 rings (SSSR count). The van der Waals surface area contributed by atoms with Gasteiger partial charge in [-0.3, -0.25) is 0 Å². The molecule has 1 heterocycles. The predicted octanol–water partition coefficient (Wildman–Crippen LogP) is 6.05. The fourth-order valence-electron chi connectivity index (χ4n) is 2.23. The van der Waals surface area contributed by atoms with Crippen LogP contribution in [0.3, 0.4) is 0 Å². The molecule has 0 N–H and O–H groups in total. The van der Waals surface area contributed by atoms with E-state index in [9.17, 15) is 26.3 Å². The third-order valence-electron chi connectivity index (χ3n) is 3.39. The molecule has 0 spiro atoms. The van der Waals surface area contributed by atoms with Gasteiger partial charge in [0.25, 0.3) is 0 Å². The highest BCUT2D eigenvalue weighted by Crippen LogP contribution is 2.40. The van der Waals surface area contributed by atoms with E-state index >= 15 is 0 Å². The summed E-state index contributed by atoms with van der Waals surface area (Å²) in [4.78, 5) is 3.84. The average molecular weight is 357 g/mol. The molecule has 0 fully saturated rings. The summed E-state index contributed by atoms with van der Waals surface area (Å²) in [7, 11) is 0. The molecule has 0 amide bonds. The third-order valence-corrected chi connectivity index (χ3v) is 3.39. The van der Waals surface area contributed by atoms with Crippen LogP contribution in [-0.4, -0.2) is 4.98 Å². The fourth-order valence-corrected chi connectivity index (χ4v) is 2.23. The van der Waals surface area contributed by atoms with Gasteiger partial charge in [0, 0.05) is 11.1 Å². The quantitative estimate of drug-likeness (QED) is 0.522. The van der Waals surface area contributed by atoms with Crippen LogP contribution in [0.5, 0.6) is 0 Å². The minimum Gasteiger partial charge on any atom is -0.431 e. The van der Waals surface area contributed by atoms with E-state index in [0.717, 1.165) is 12.1 Å². The maximum atomic E-state index is 13.2. The van der Waals surface area contributed by atoms with Crippen molar-refractivity contribution < 1.29 is 30.8 Å². The van der Waals surface area contributed by atoms with Gasteiger partial charge in [-0.25, -0.2) is 4.98 Å². The lowest BCUT2D eigenvalue weighted by Gasteiger charge is -2.08. The van der Waals surface area contributed by atoms with E-state index in [2.05, 4.69) is 4.98 Å². The molecule has 1 aromatic heterocycles. The number of alkyl halides is 6. The van der Waals surface area contributed by atoms with Crippen LogP contribution in [0, 0.1) is 0 Å². The van der Waals surface area contributed by atoms with Crippen molar-refractivity contribution in [3.05, 3.63) is 65.9 Å². The Balaban J connectivity index is 2.10. The molecule has 2 nitrogen and oxygen atoms in total. The van der Waals surface area contributed by atoms with Gasteiger partial charge in [0.2, 0.25) is 11.7 Å². The van der Waals surface area contributed by atoms with Gasteiger partial charge in [-0.1, -0.05) is 30.3 Å². The molecule has 0 atom stereocenters. The Bertz CT molecular complexity index is 863. The number of hydrogen-bond donors (Lipinski definition) is 0. The first-order chi connectivity index (χ1) is 11.7. The van der Waals surface area contributed by atoms with Crippen LogP contribution in [0.4, 0.5) is 26.3 Å². The Morgan fingerprint density at radius 3 is 1.80 bits per heavy atom. The zero-order valence-corrected chi connectivity index (χ0v) is 12.3. The van der Waals surface area contributed by atoms with Crippen molar-refractivity contribution in [1.29, 1.82) is 0 Å². The minimum atomic E-state index is -4.84. The van der Waals surface area contributed by atoms with Crippen molar-refractivity contribution in [3.8, 4) is 22.7 Å². The molecule has 8 heteroatoms. The lowest BCUT2D eigenvalue weighted by molar-refractivity contribution is -0.152. The van der Waals surface area contributed by atoms with Crippen LogP contribution in [-0.2, 0) is 12.4 Å². The average Bonchev–Trinajstić information content (AvgIpc) is 3.01. The summed E-state index contributed by atoms with van der Waals surface area (Å²) in [5.41, 5.74) is -1.31. The van der Waals surface area contributed by atoms with Crippen molar-refractivity contribution >= 4 is 0 Å². The van der Waals surface area contributed by atoms with Gasteiger partial charge in [-0.15, -0.1) is 0 Å². The standard InChI is InChI=1S/C17H9F6NO/c18-16(19,20)12-8-6-10(7-9-12)13-14(17(21,22)23)25-15(24-13)11-4-2-1-3-5-11/h1-9H. The van der Waals surface area contributed by atoms with Crippen LogP contribution in [0.2, 0.25) is 0 Å². The highest BCUT2D eigenvalue weighted by molar-refractivity contribution is 5.66. The summed E-state index contributed by atoms with van der Waals surface area (Å²) < 4.78 is 82.3. The molecule has 130 valence electrons. The number of nitrogens with zero attached hydrogens (tertiary/aromatic N) is 1. The molecule has 0 aliphatic rings. The van der Waals surface area contributed by atoms with Gasteiger partial charge in [0.1, 0.15) is 5.69 Å². The monoisotopic (exact) mass is 357 g/mol. The Morgan fingerprint density at radius 1 is 0.680 bits per heavy atom. The van der Waals surface area contributed by atoms with Crippen molar-refractivity contribution in [2.45, 2.75) is 12.4 Å². The Hall–Kier alpha value is -2.77. The lowest BCUT2D eigenvalue weighted by atomic mass is 10.1. The number of halogens is 6. The second-order valence-electron chi connectivity index (χ2n) is 5.14. The summed E-state index contributed by atoms with van der Waals surface area (Å²) in [5.74, 6) is -1.62. The van der Waals surface area contributed by atoms with Crippen LogP contribution in [0.15, 0.2) is 59.0 Å². The van der Waals surface area contributed by atoms with E-state index in [1.165, 1.54) is 12.1 Å². The second-order valence-corrected chi connectivity index (χ2v) is 5.14. The van der Waals surface area contributed by atoms with E-state index < -0.39 is 29.4 Å². The molecule has 25 heavy (non-hydrogen) atoms. The van der Waals surface area contributed by atoms with Gasteiger partial charge >= 0.3 is 12.4 Å². The van der Waals surface area contributed by atoms with Crippen molar-refractivity contribution in [2.24, 2.45) is 0 Å². The van der Waals surface area contributed by atoms with Crippen LogP contribution >= 0.6 is 0 Å². The molecule has 0 aliphatic carbocycles. The second kappa shape index (κ2) is 5.94. The third kappa shape index (κ3) is 3.52. The zero-order valence-electron chi connectivity index (χ0n) is 12.3. The summed E-state index contributed by atoms with van der Waals surface area (Å²) in [5, 5.41) is 0. The maximum Gasteiger partial charge on any atom is 0.451 e. The summed E-state index contributed by atoms with van der Waals surface area (Å²) in [6.45, 7) is 0. The van der Waals surface area contributed by atoms with E-state index in [4.69, 9.17) is 4.42 Å². The number of aromatic nitrogens is 1. The first-order valence-corrected chi connectivity index (χ1v) is 6.97. The first kappa shape index (κ1) is 17.1. The van der Waals surface area contributed by atoms with Gasteiger partial charge in [-0.05, 0) is 24.3 Å². The molecular formula is C17H9F6NO. The number of rotatable bonds is 2. The smallest absolute Gasteiger partial charge is 0.431 e. The molecule has 0 saturated carbocycles. The summed E-state index contributed by atoms with van der Waals surface area (Å²) in [6.07, 6.45) is -9.41. The largest absolute Gasteiger partial charge is 0.451 e. The van der Waals surface area contributed by atoms with E-state index in [-0.39, 0.29) is 11.5 Å². The maximum absolute atomic E-state index is 13.2. The van der Waals surface area contributed by atoms with Crippen molar-refractivity contribution in [2.75, 3.05) is 0 Å². The van der Waals surface area contributed by atoms with Gasteiger partial charge in [0.15, 0.2) is 0 Å². The van der Waals surface area contributed by atoms with E-state index in [1.807, 2.05) is 0 Å². The molecule has 0 unspecified atom stereocenters. The highest BCUT2D eigenvalue weighted by atomic mass is 19.4. The molecular weight excluding hydrogens is 348 g/mol. The first-order valence-electron chi connectivity index (χ1n) is 6.97. The Kier molecular flexibility index (Phi) is 4.06. The Labute approximate surface area is 137 Å². The number of hydrogen-bond acceptors (Lipinski definition) is 2. The number of oxazole rings is 1. The Morgan fingerprint density at radius 2 is 1.28 bits per heavy atom. The van der Waals surface area contributed by atoms with E-state index in [1.54, 1.807) is 18.2 Å². The van der Waals surface area contributed by atoms with Crippen molar-refractivity contribution in [3.63, 3.8) is 0 Å². The molecule has 2 aromatic carbocycles. The molecule has 0 radical (unpaired) electrons. The van der Waals surface area contributed by atoms with Crippen molar-refractivity contribution in [1.82, 2.24) is 4.98 Å². The fraction of sp³-hybridized carbons (Fsp3) is 0.118. The minimum absolute atomic E-state index is 0.119. The molecule has 0 bridgehead atoms. The lowest BCUT2D eigenvalue weighted by Crippen LogP contribution is -2.06. The normalized spacial score (nSPS) is 12.4. The zero-order chi connectivity index (χ0) is 18.2. The van der Waals surface area contributed by atoms with Crippen LogP contribution in [0.25, 0.3) is 22.7 Å².